The molecule has 0 radical (unpaired) electrons. The van der Waals surface area contributed by atoms with Crippen LogP contribution in [0.5, 0.6) is 0 Å². The van der Waals surface area contributed by atoms with E-state index in [2.05, 4.69) is 11.3 Å². The Morgan fingerprint density at radius 3 is 2.70 bits per heavy atom. The molecule has 10 heavy (non-hydrogen) atoms. The molecule has 58 valence electrons. The fraction of sp³-hybridized carbons (Fsp3) is 0.500. The Bertz CT molecular complexity index is 142. The molecule has 3 nitrogen and oxygen atoms in total. The third kappa shape index (κ3) is 4.35. The zero-order valence-electron chi connectivity index (χ0n) is 5.63. The highest BCUT2D eigenvalue weighted by Gasteiger charge is 2.09. The van der Waals surface area contributed by atoms with Crippen molar-refractivity contribution in [3.05, 3.63) is 11.6 Å². The van der Waals surface area contributed by atoms with Gasteiger partial charge in [0.2, 0.25) is 0 Å². The van der Waals surface area contributed by atoms with E-state index in [-0.39, 0.29) is 11.6 Å². The van der Waals surface area contributed by atoms with Crippen LogP contribution < -0.4 is 0 Å². The Morgan fingerprint density at radius 2 is 2.40 bits per heavy atom. The molecule has 0 fully saturated rings. The normalized spacial score (nSPS) is 12.3. The van der Waals surface area contributed by atoms with Gasteiger partial charge >= 0.3 is 5.97 Å². The maximum atomic E-state index is 10.5. The summed E-state index contributed by atoms with van der Waals surface area (Å²) in [5.74, 6) is -0.693. The van der Waals surface area contributed by atoms with Gasteiger partial charge in [0, 0.05) is 5.03 Å². The number of carbonyl (C=O) groups excluding carboxylic acids is 1. The average Bonchev–Trinajstić information content (AvgIpc) is 1.82. The Balaban J connectivity index is 3.50. The van der Waals surface area contributed by atoms with Gasteiger partial charge in [0.15, 0.2) is 0 Å². The van der Waals surface area contributed by atoms with Crippen molar-refractivity contribution < 1.29 is 14.6 Å². The van der Waals surface area contributed by atoms with Gasteiger partial charge in [-0.05, 0) is 6.92 Å². The zero-order valence-corrected chi connectivity index (χ0v) is 6.39. The first-order valence-corrected chi connectivity index (χ1v) is 3.10. The largest absolute Gasteiger partial charge is 0.458 e. The minimum absolute atomic E-state index is 0.0503. The van der Waals surface area contributed by atoms with Gasteiger partial charge in [-0.15, -0.1) is 0 Å². The van der Waals surface area contributed by atoms with Crippen LogP contribution in [0.25, 0.3) is 0 Å². The summed E-state index contributed by atoms with van der Waals surface area (Å²) < 4.78 is 4.44. The molecule has 0 rings (SSSR count). The summed E-state index contributed by atoms with van der Waals surface area (Å²) in [4.78, 5) is 10.5. The van der Waals surface area contributed by atoms with E-state index in [9.17, 15) is 4.79 Å². The summed E-state index contributed by atoms with van der Waals surface area (Å²) in [5, 5.41) is 8.82. The van der Waals surface area contributed by atoms with Crippen LogP contribution in [0.2, 0.25) is 0 Å². The number of carbonyl (C=O) groups is 1. The second kappa shape index (κ2) is 4.30. The number of esters is 1. The lowest BCUT2D eigenvalue weighted by atomic mass is 10.4. The summed E-state index contributed by atoms with van der Waals surface area (Å²) in [6.07, 6.45) is -1.10. The lowest BCUT2D eigenvalue weighted by Crippen LogP contribution is -2.19. The topological polar surface area (TPSA) is 46.5 Å². The lowest BCUT2D eigenvalue weighted by Gasteiger charge is -2.03. The molecule has 1 N–H and O–H groups in total. The van der Waals surface area contributed by atoms with E-state index in [4.69, 9.17) is 16.7 Å². The second-order valence-corrected chi connectivity index (χ2v) is 2.34. The van der Waals surface area contributed by atoms with Crippen LogP contribution in [0.4, 0.5) is 0 Å². The molecular weight excluding hydrogens is 156 g/mol. The number of hydrogen-bond acceptors (Lipinski definition) is 3. The van der Waals surface area contributed by atoms with Crippen molar-refractivity contribution in [1.29, 1.82) is 0 Å². The number of halogens is 1. The molecule has 0 saturated heterocycles. The van der Waals surface area contributed by atoms with Crippen LogP contribution in [-0.4, -0.2) is 23.8 Å². The lowest BCUT2D eigenvalue weighted by molar-refractivity contribution is -0.151. The van der Waals surface area contributed by atoms with E-state index < -0.39 is 12.1 Å². The van der Waals surface area contributed by atoms with Gasteiger partial charge in [-0.25, -0.2) is 4.79 Å². The third-order valence-corrected chi connectivity index (χ3v) is 0.821. The van der Waals surface area contributed by atoms with Gasteiger partial charge < -0.3 is 9.84 Å². The Morgan fingerprint density at radius 1 is 1.90 bits per heavy atom. The van der Waals surface area contributed by atoms with Crippen molar-refractivity contribution >= 4 is 17.6 Å². The molecule has 0 spiro atoms. The van der Waals surface area contributed by atoms with Gasteiger partial charge in [0.1, 0.15) is 12.7 Å². The van der Waals surface area contributed by atoms with Gasteiger partial charge in [0.05, 0.1) is 0 Å². The Labute approximate surface area is 64.2 Å². The van der Waals surface area contributed by atoms with E-state index in [0.29, 0.717) is 0 Å². The molecule has 4 heteroatoms. The monoisotopic (exact) mass is 164 g/mol. The molecule has 0 aromatic carbocycles. The highest BCUT2D eigenvalue weighted by molar-refractivity contribution is 6.29. The molecule has 0 unspecified atom stereocenters. The molecular formula is C6H9ClO3. The minimum Gasteiger partial charge on any atom is -0.458 e. The quantitative estimate of drug-likeness (QED) is 0.624. The maximum absolute atomic E-state index is 10.5. The first-order chi connectivity index (χ1) is 4.54. The number of aliphatic hydroxyl groups is 1. The Hall–Kier alpha value is -0.540. The van der Waals surface area contributed by atoms with Crippen molar-refractivity contribution in [2.24, 2.45) is 0 Å². The fourth-order valence-corrected chi connectivity index (χ4v) is 0.325. The number of rotatable bonds is 3. The highest BCUT2D eigenvalue weighted by Crippen LogP contribution is 1.97. The van der Waals surface area contributed by atoms with Crippen molar-refractivity contribution in [2.45, 2.75) is 13.0 Å². The molecule has 0 bridgehead atoms. The van der Waals surface area contributed by atoms with Crippen molar-refractivity contribution in [1.82, 2.24) is 0 Å². The van der Waals surface area contributed by atoms with Crippen molar-refractivity contribution in [3.8, 4) is 0 Å². The van der Waals surface area contributed by atoms with E-state index >= 15 is 0 Å². The van der Waals surface area contributed by atoms with Crippen molar-refractivity contribution in [3.63, 3.8) is 0 Å². The highest BCUT2D eigenvalue weighted by atomic mass is 35.5. The van der Waals surface area contributed by atoms with Crippen LogP contribution in [0.15, 0.2) is 11.6 Å². The molecule has 0 saturated carbocycles. The van der Waals surface area contributed by atoms with E-state index in [1.54, 1.807) is 0 Å². The predicted octanol–water partition coefficient (Wildman–Crippen LogP) is 0.663. The van der Waals surface area contributed by atoms with E-state index in [1.165, 1.54) is 6.92 Å². The molecule has 1 atom stereocenters. The number of hydrogen-bond donors (Lipinski definition) is 1. The number of ether oxygens (including phenoxy) is 1. The molecule has 0 amide bonds. The number of aliphatic hydroxyl groups excluding tert-OH is 1. The second-order valence-electron chi connectivity index (χ2n) is 1.80. The first kappa shape index (κ1) is 9.46. The average molecular weight is 165 g/mol. The summed E-state index contributed by atoms with van der Waals surface area (Å²) >= 11 is 5.27. The van der Waals surface area contributed by atoms with Gasteiger partial charge in [-0.2, -0.15) is 0 Å². The van der Waals surface area contributed by atoms with Crippen LogP contribution in [-0.2, 0) is 9.53 Å². The smallest absolute Gasteiger partial charge is 0.335 e. The maximum Gasteiger partial charge on any atom is 0.335 e. The minimum atomic E-state index is -1.10. The van der Waals surface area contributed by atoms with E-state index in [1.807, 2.05) is 0 Å². The molecule has 0 aliphatic carbocycles. The predicted molar refractivity (Wildman–Crippen MR) is 37.6 cm³/mol. The SMILES string of the molecule is C=C(Cl)COC(=O)[C@H](C)O. The third-order valence-electron chi connectivity index (χ3n) is 0.712. The Kier molecular flexibility index (Phi) is 4.07. The standard InChI is InChI=1S/C6H9ClO3/c1-4(7)3-10-6(9)5(2)8/h5,8H,1,3H2,2H3/t5-/m0/s1. The van der Waals surface area contributed by atoms with Crippen molar-refractivity contribution in [2.75, 3.05) is 6.61 Å². The van der Waals surface area contributed by atoms with Crippen LogP contribution in [0.3, 0.4) is 0 Å². The summed E-state index contributed by atoms with van der Waals surface area (Å²) in [5.41, 5.74) is 0. The summed E-state index contributed by atoms with van der Waals surface area (Å²) in [6, 6.07) is 0. The fourth-order valence-electron chi connectivity index (χ4n) is 0.270. The molecule has 0 heterocycles. The molecule has 0 aromatic rings. The molecule has 0 aromatic heterocycles. The first-order valence-electron chi connectivity index (χ1n) is 2.72. The van der Waals surface area contributed by atoms with Crippen LogP contribution in [0.1, 0.15) is 6.92 Å². The van der Waals surface area contributed by atoms with Crippen LogP contribution >= 0.6 is 11.6 Å². The van der Waals surface area contributed by atoms with Crippen LogP contribution in [0, 0.1) is 0 Å². The summed E-state index contributed by atoms with van der Waals surface area (Å²) in [7, 11) is 0. The van der Waals surface area contributed by atoms with E-state index in [0.717, 1.165) is 0 Å². The van der Waals surface area contributed by atoms with Gasteiger partial charge in [-0.1, -0.05) is 18.2 Å². The van der Waals surface area contributed by atoms with Gasteiger partial charge in [0.25, 0.3) is 0 Å². The molecule has 0 aliphatic heterocycles. The molecule has 0 aliphatic rings. The van der Waals surface area contributed by atoms with Gasteiger partial charge in [-0.3, -0.25) is 0 Å². The summed E-state index contributed by atoms with van der Waals surface area (Å²) in [6.45, 7) is 4.56. The zero-order chi connectivity index (χ0) is 8.15.